The number of sulfonamides is 1. The summed E-state index contributed by atoms with van der Waals surface area (Å²) < 4.78 is 29.3. The number of aromatic nitrogens is 3. The molecule has 0 fully saturated rings. The van der Waals surface area contributed by atoms with Gasteiger partial charge in [0.2, 0.25) is 10.0 Å². The number of benzene rings is 1. The smallest absolute Gasteiger partial charge is 0.241 e. The molecule has 0 saturated carbocycles. The first-order valence-electron chi connectivity index (χ1n) is 7.56. The van der Waals surface area contributed by atoms with E-state index in [0.29, 0.717) is 16.3 Å². The van der Waals surface area contributed by atoms with Crippen molar-refractivity contribution in [1.29, 1.82) is 0 Å². The second kappa shape index (κ2) is 6.95. The fourth-order valence-electron chi connectivity index (χ4n) is 2.52. The molecular weight excluding hydrogens is 360 g/mol. The molecule has 1 N–H and O–H groups in total. The lowest BCUT2D eigenvalue weighted by Gasteiger charge is -2.08. The molecule has 0 aliphatic carbocycles. The zero-order valence-electron chi connectivity index (χ0n) is 13.8. The second-order valence-corrected chi connectivity index (χ2v) is 7.79. The maximum absolute atomic E-state index is 12.5. The number of nitrogens with one attached hydrogen (secondary N) is 1. The van der Waals surface area contributed by atoms with Crippen LogP contribution in [0.1, 0.15) is 11.3 Å². The first-order chi connectivity index (χ1) is 11.9. The van der Waals surface area contributed by atoms with E-state index in [2.05, 4.69) is 14.8 Å². The van der Waals surface area contributed by atoms with Crippen molar-refractivity contribution in [2.24, 2.45) is 7.05 Å². The average Bonchev–Trinajstić information content (AvgIpc) is 2.97. The van der Waals surface area contributed by atoms with Crippen molar-refractivity contribution in [3.63, 3.8) is 0 Å². The highest BCUT2D eigenvalue weighted by atomic mass is 35.5. The van der Waals surface area contributed by atoms with E-state index in [4.69, 9.17) is 11.6 Å². The SMILES string of the molecule is Cc1ccc(Cl)cc1S(=O)(=O)NCc1cc(-c2ccncc2)n(C)n1. The third-order valence-electron chi connectivity index (χ3n) is 3.79. The Morgan fingerprint density at radius 1 is 1.16 bits per heavy atom. The van der Waals surface area contributed by atoms with Gasteiger partial charge in [-0.3, -0.25) is 9.67 Å². The van der Waals surface area contributed by atoms with Crippen LogP contribution in [0.25, 0.3) is 11.3 Å². The third kappa shape index (κ3) is 3.89. The van der Waals surface area contributed by atoms with Crippen LogP contribution in [0.3, 0.4) is 0 Å². The van der Waals surface area contributed by atoms with E-state index < -0.39 is 10.0 Å². The summed E-state index contributed by atoms with van der Waals surface area (Å²) in [6.45, 7) is 1.82. The summed E-state index contributed by atoms with van der Waals surface area (Å²) in [6, 6.07) is 10.4. The number of nitrogens with zero attached hydrogens (tertiary/aromatic N) is 3. The van der Waals surface area contributed by atoms with Gasteiger partial charge < -0.3 is 0 Å². The molecule has 1 aromatic carbocycles. The molecule has 3 aromatic rings. The van der Waals surface area contributed by atoms with E-state index in [1.165, 1.54) is 6.07 Å². The minimum Gasteiger partial charge on any atom is -0.268 e. The van der Waals surface area contributed by atoms with Gasteiger partial charge in [0, 0.05) is 30.0 Å². The molecule has 0 spiro atoms. The van der Waals surface area contributed by atoms with Gasteiger partial charge in [-0.2, -0.15) is 5.10 Å². The molecule has 0 aliphatic rings. The van der Waals surface area contributed by atoms with Gasteiger partial charge in [-0.15, -0.1) is 0 Å². The minimum atomic E-state index is -3.67. The predicted molar refractivity (Wildman–Crippen MR) is 96.7 cm³/mol. The molecule has 0 radical (unpaired) electrons. The first-order valence-corrected chi connectivity index (χ1v) is 9.42. The molecule has 8 heteroatoms. The van der Waals surface area contributed by atoms with Gasteiger partial charge in [-0.1, -0.05) is 17.7 Å². The van der Waals surface area contributed by atoms with E-state index in [9.17, 15) is 8.42 Å². The minimum absolute atomic E-state index is 0.0905. The summed E-state index contributed by atoms with van der Waals surface area (Å²) in [6.07, 6.45) is 3.40. The number of pyridine rings is 1. The number of hydrogen-bond donors (Lipinski definition) is 1. The van der Waals surface area contributed by atoms with Crippen LogP contribution >= 0.6 is 11.6 Å². The maximum atomic E-state index is 12.5. The fraction of sp³-hybridized carbons (Fsp3) is 0.176. The Morgan fingerprint density at radius 2 is 1.88 bits per heavy atom. The van der Waals surface area contributed by atoms with E-state index in [-0.39, 0.29) is 11.4 Å². The van der Waals surface area contributed by atoms with Crippen molar-refractivity contribution in [2.75, 3.05) is 0 Å². The van der Waals surface area contributed by atoms with Crippen LogP contribution in [0.2, 0.25) is 5.02 Å². The van der Waals surface area contributed by atoms with Crippen LogP contribution in [0.5, 0.6) is 0 Å². The van der Waals surface area contributed by atoms with Gasteiger partial charge in [0.15, 0.2) is 0 Å². The lowest BCUT2D eigenvalue weighted by atomic mass is 10.2. The van der Waals surface area contributed by atoms with Crippen molar-refractivity contribution in [3.05, 3.63) is 65.1 Å². The molecule has 0 amide bonds. The van der Waals surface area contributed by atoms with Gasteiger partial charge in [0.1, 0.15) is 0 Å². The Morgan fingerprint density at radius 3 is 2.60 bits per heavy atom. The van der Waals surface area contributed by atoms with Crippen molar-refractivity contribution in [3.8, 4) is 11.3 Å². The summed E-state index contributed by atoms with van der Waals surface area (Å²) in [4.78, 5) is 4.16. The Balaban J connectivity index is 1.81. The molecular formula is C17H17ClN4O2S. The number of halogens is 1. The summed E-state index contributed by atoms with van der Waals surface area (Å²) in [5.74, 6) is 0. The monoisotopic (exact) mass is 376 g/mol. The standard InChI is InChI=1S/C17H17ClN4O2S/c1-12-3-4-14(18)9-17(12)25(23,24)20-11-15-10-16(22(2)21-15)13-5-7-19-8-6-13/h3-10,20H,11H2,1-2H3. The van der Waals surface area contributed by atoms with E-state index >= 15 is 0 Å². The van der Waals surface area contributed by atoms with Crippen LogP contribution in [0, 0.1) is 6.92 Å². The molecule has 3 rings (SSSR count). The predicted octanol–water partition coefficient (Wildman–Crippen LogP) is 2.92. The third-order valence-corrected chi connectivity index (χ3v) is 5.57. The van der Waals surface area contributed by atoms with Crippen molar-refractivity contribution < 1.29 is 8.42 Å². The molecule has 6 nitrogen and oxygen atoms in total. The van der Waals surface area contributed by atoms with Crippen LogP contribution < -0.4 is 4.72 Å². The van der Waals surface area contributed by atoms with E-state index in [1.54, 1.807) is 36.1 Å². The summed E-state index contributed by atoms with van der Waals surface area (Å²) in [5, 5.41) is 4.75. The van der Waals surface area contributed by atoms with E-state index in [0.717, 1.165) is 11.3 Å². The Bertz CT molecular complexity index is 1000. The number of aryl methyl sites for hydroxylation is 2. The Hall–Kier alpha value is -2.22. The number of hydrogen-bond acceptors (Lipinski definition) is 4. The average molecular weight is 377 g/mol. The molecule has 0 unspecified atom stereocenters. The fourth-order valence-corrected chi connectivity index (χ4v) is 4.02. The van der Waals surface area contributed by atoms with Crippen LogP contribution in [0.4, 0.5) is 0 Å². The first kappa shape index (κ1) is 17.6. The van der Waals surface area contributed by atoms with Crippen LogP contribution in [-0.2, 0) is 23.6 Å². The second-order valence-electron chi connectivity index (χ2n) is 5.61. The Kier molecular flexibility index (Phi) is 4.89. The normalized spacial score (nSPS) is 11.6. The zero-order valence-corrected chi connectivity index (χ0v) is 15.3. The highest BCUT2D eigenvalue weighted by molar-refractivity contribution is 7.89. The van der Waals surface area contributed by atoms with E-state index in [1.807, 2.05) is 25.2 Å². The molecule has 130 valence electrons. The van der Waals surface area contributed by atoms with Gasteiger partial charge >= 0.3 is 0 Å². The van der Waals surface area contributed by atoms with Gasteiger partial charge in [0.25, 0.3) is 0 Å². The van der Waals surface area contributed by atoms with Gasteiger partial charge in [0.05, 0.1) is 22.8 Å². The topological polar surface area (TPSA) is 76.9 Å². The van der Waals surface area contributed by atoms with Crippen LogP contribution in [-0.4, -0.2) is 23.2 Å². The van der Waals surface area contributed by atoms with Crippen molar-refractivity contribution in [1.82, 2.24) is 19.5 Å². The highest BCUT2D eigenvalue weighted by Gasteiger charge is 2.18. The lowest BCUT2D eigenvalue weighted by molar-refractivity contribution is 0.579. The Labute approximate surface area is 151 Å². The molecule has 2 aromatic heterocycles. The molecule has 0 saturated heterocycles. The maximum Gasteiger partial charge on any atom is 0.241 e. The molecule has 0 aliphatic heterocycles. The van der Waals surface area contributed by atoms with Crippen molar-refractivity contribution >= 4 is 21.6 Å². The molecule has 2 heterocycles. The largest absolute Gasteiger partial charge is 0.268 e. The highest BCUT2D eigenvalue weighted by Crippen LogP contribution is 2.21. The quantitative estimate of drug-likeness (QED) is 0.742. The molecule has 0 bridgehead atoms. The lowest BCUT2D eigenvalue weighted by Crippen LogP contribution is -2.24. The van der Waals surface area contributed by atoms with Gasteiger partial charge in [-0.05, 0) is 42.8 Å². The molecule has 0 atom stereocenters. The zero-order chi connectivity index (χ0) is 18.0. The summed E-state index contributed by atoms with van der Waals surface area (Å²) in [5.41, 5.74) is 3.10. The van der Waals surface area contributed by atoms with Crippen molar-refractivity contribution in [2.45, 2.75) is 18.4 Å². The summed E-state index contributed by atoms with van der Waals surface area (Å²) >= 11 is 5.92. The van der Waals surface area contributed by atoms with Gasteiger partial charge in [-0.25, -0.2) is 13.1 Å². The summed E-state index contributed by atoms with van der Waals surface area (Å²) in [7, 11) is -1.86. The number of rotatable bonds is 5. The van der Waals surface area contributed by atoms with Crippen LogP contribution in [0.15, 0.2) is 53.7 Å². The molecule has 25 heavy (non-hydrogen) atoms.